The number of hydrogen-bond acceptors (Lipinski definition) is 3. The van der Waals surface area contributed by atoms with Gasteiger partial charge in [-0.3, -0.25) is 0 Å². The molecular formula is C10H23N3O2S. The smallest absolute Gasteiger partial charge is 0.277 e. The first kappa shape index (κ1) is 13.9. The molecule has 1 rings (SSSR count). The second kappa shape index (κ2) is 6.54. The molecule has 0 bridgehead atoms. The van der Waals surface area contributed by atoms with Crippen LogP contribution >= 0.6 is 0 Å². The second-order valence-corrected chi connectivity index (χ2v) is 5.93. The lowest BCUT2D eigenvalue weighted by atomic mass is 9.99. The topological polar surface area (TPSA) is 84.2 Å². The molecule has 0 saturated heterocycles. The predicted octanol–water partition coefficient (Wildman–Crippen LogP) is 0.338. The maximum absolute atomic E-state index is 11.6. The van der Waals surface area contributed by atoms with Gasteiger partial charge < -0.3 is 5.73 Å². The fraction of sp³-hybridized carbons (Fsp3) is 1.00. The Morgan fingerprint density at radius 3 is 2.50 bits per heavy atom. The Labute approximate surface area is 98.4 Å². The Balaban J connectivity index is 2.48. The van der Waals surface area contributed by atoms with Gasteiger partial charge in [-0.25, -0.2) is 4.72 Å². The van der Waals surface area contributed by atoms with Crippen LogP contribution in [-0.2, 0) is 10.2 Å². The van der Waals surface area contributed by atoms with Gasteiger partial charge in [0.05, 0.1) is 0 Å². The first-order valence-electron chi connectivity index (χ1n) is 6.06. The summed E-state index contributed by atoms with van der Waals surface area (Å²) in [6, 6.07) is -0.114. The van der Waals surface area contributed by atoms with E-state index < -0.39 is 10.2 Å². The number of nitrogens with two attached hydrogens (primary N) is 1. The summed E-state index contributed by atoms with van der Waals surface area (Å²) in [6.45, 7) is 2.77. The summed E-state index contributed by atoms with van der Waals surface area (Å²) < 4.78 is 28.4. The lowest BCUT2D eigenvalue weighted by molar-refractivity contribution is 0.403. The van der Waals surface area contributed by atoms with Crippen LogP contribution in [-0.4, -0.2) is 27.5 Å². The lowest BCUT2D eigenvalue weighted by Gasteiger charge is -2.22. The monoisotopic (exact) mass is 249 g/mol. The van der Waals surface area contributed by atoms with E-state index in [1.54, 1.807) is 0 Å². The normalized spacial score (nSPS) is 20.1. The van der Waals surface area contributed by atoms with Gasteiger partial charge >= 0.3 is 0 Å². The SMILES string of the molecule is CCCNS(=O)(=O)NC(CN)C1CCCC1. The average Bonchev–Trinajstić information content (AvgIpc) is 2.76. The summed E-state index contributed by atoms with van der Waals surface area (Å²) in [7, 11) is -3.37. The van der Waals surface area contributed by atoms with Crippen LogP contribution in [0, 0.1) is 5.92 Å². The third kappa shape index (κ3) is 4.37. The molecule has 1 aliphatic rings. The highest BCUT2D eigenvalue weighted by Crippen LogP contribution is 2.27. The van der Waals surface area contributed by atoms with Crippen LogP contribution in [0.1, 0.15) is 39.0 Å². The maximum atomic E-state index is 11.6. The van der Waals surface area contributed by atoms with E-state index in [-0.39, 0.29) is 6.04 Å². The van der Waals surface area contributed by atoms with Crippen molar-refractivity contribution in [2.45, 2.75) is 45.1 Å². The third-order valence-corrected chi connectivity index (χ3v) is 4.27. The fourth-order valence-electron chi connectivity index (χ4n) is 2.17. The van der Waals surface area contributed by atoms with Crippen molar-refractivity contribution in [3.05, 3.63) is 0 Å². The minimum Gasteiger partial charge on any atom is -0.329 e. The zero-order valence-electron chi connectivity index (χ0n) is 9.91. The molecule has 0 aliphatic heterocycles. The average molecular weight is 249 g/mol. The lowest BCUT2D eigenvalue weighted by Crippen LogP contribution is -2.49. The predicted molar refractivity (Wildman–Crippen MR) is 65.1 cm³/mol. The fourth-order valence-corrected chi connectivity index (χ4v) is 3.42. The first-order valence-corrected chi connectivity index (χ1v) is 7.54. The zero-order valence-corrected chi connectivity index (χ0v) is 10.7. The van der Waals surface area contributed by atoms with Crippen LogP contribution in [0.2, 0.25) is 0 Å². The maximum Gasteiger partial charge on any atom is 0.277 e. The highest BCUT2D eigenvalue weighted by molar-refractivity contribution is 7.87. The molecule has 1 atom stereocenters. The van der Waals surface area contributed by atoms with Crippen molar-refractivity contribution in [2.24, 2.45) is 11.7 Å². The standard InChI is InChI=1S/C10H23N3O2S/c1-2-7-12-16(14,15)13-10(8-11)9-5-3-4-6-9/h9-10,12-13H,2-8,11H2,1H3. The molecule has 96 valence electrons. The van der Waals surface area contributed by atoms with Crippen LogP contribution in [0.4, 0.5) is 0 Å². The largest absolute Gasteiger partial charge is 0.329 e. The highest BCUT2D eigenvalue weighted by atomic mass is 32.2. The third-order valence-electron chi connectivity index (χ3n) is 3.07. The van der Waals surface area contributed by atoms with Crippen molar-refractivity contribution in [1.82, 2.24) is 9.44 Å². The summed E-state index contributed by atoms with van der Waals surface area (Å²) in [5.41, 5.74) is 5.63. The molecule has 0 amide bonds. The van der Waals surface area contributed by atoms with Gasteiger partial charge in [-0.2, -0.15) is 13.1 Å². The molecule has 16 heavy (non-hydrogen) atoms. The molecule has 1 saturated carbocycles. The molecule has 6 heteroatoms. The Kier molecular flexibility index (Phi) is 5.68. The van der Waals surface area contributed by atoms with E-state index in [9.17, 15) is 8.42 Å². The van der Waals surface area contributed by atoms with E-state index >= 15 is 0 Å². The molecule has 0 aromatic heterocycles. The van der Waals surface area contributed by atoms with E-state index in [1.165, 1.54) is 12.8 Å². The van der Waals surface area contributed by atoms with Crippen LogP contribution in [0.25, 0.3) is 0 Å². The summed E-state index contributed by atoms with van der Waals surface area (Å²) >= 11 is 0. The Bertz CT molecular complexity index is 286. The van der Waals surface area contributed by atoms with E-state index in [4.69, 9.17) is 5.73 Å². The molecule has 0 aromatic carbocycles. The van der Waals surface area contributed by atoms with E-state index in [0.717, 1.165) is 19.3 Å². The second-order valence-electron chi connectivity index (χ2n) is 4.40. The summed E-state index contributed by atoms with van der Waals surface area (Å²) in [5.74, 6) is 0.406. The van der Waals surface area contributed by atoms with Gasteiger partial charge in [0, 0.05) is 19.1 Å². The van der Waals surface area contributed by atoms with Gasteiger partial charge in [0.1, 0.15) is 0 Å². The van der Waals surface area contributed by atoms with E-state index in [0.29, 0.717) is 19.0 Å². The summed E-state index contributed by atoms with van der Waals surface area (Å²) in [5, 5.41) is 0. The summed E-state index contributed by atoms with van der Waals surface area (Å²) in [6.07, 6.45) is 5.32. The van der Waals surface area contributed by atoms with Crippen LogP contribution in [0.5, 0.6) is 0 Å². The molecule has 1 fully saturated rings. The molecule has 0 heterocycles. The van der Waals surface area contributed by atoms with Crippen molar-refractivity contribution in [2.75, 3.05) is 13.1 Å². The molecule has 0 spiro atoms. The Hall–Kier alpha value is -0.170. The van der Waals surface area contributed by atoms with Crippen molar-refractivity contribution >= 4 is 10.2 Å². The van der Waals surface area contributed by atoms with Crippen molar-refractivity contribution in [1.29, 1.82) is 0 Å². The molecular weight excluding hydrogens is 226 g/mol. The van der Waals surface area contributed by atoms with Gasteiger partial charge in [0.25, 0.3) is 10.2 Å². The molecule has 5 nitrogen and oxygen atoms in total. The highest BCUT2D eigenvalue weighted by Gasteiger charge is 2.27. The zero-order chi connectivity index (χ0) is 12.0. The minimum absolute atomic E-state index is 0.114. The number of nitrogens with one attached hydrogen (secondary N) is 2. The minimum atomic E-state index is -3.37. The number of rotatable bonds is 7. The van der Waals surface area contributed by atoms with Gasteiger partial charge in [0.15, 0.2) is 0 Å². The van der Waals surface area contributed by atoms with Crippen molar-refractivity contribution in [3.63, 3.8) is 0 Å². The van der Waals surface area contributed by atoms with Gasteiger partial charge in [-0.15, -0.1) is 0 Å². The van der Waals surface area contributed by atoms with Crippen LogP contribution < -0.4 is 15.2 Å². The van der Waals surface area contributed by atoms with Gasteiger partial charge in [-0.05, 0) is 25.2 Å². The van der Waals surface area contributed by atoms with E-state index in [1.807, 2.05) is 6.92 Å². The Morgan fingerprint density at radius 2 is 2.00 bits per heavy atom. The van der Waals surface area contributed by atoms with Crippen LogP contribution in [0.15, 0.2) is 0 Å². The Morgan fingerprint density at radius 1 is 1.38 bits per heavy atom. The quantitative estimate of drug-likeness (QED) is 0.608. The van der Waals surface area contributed by atoms with E-state index in [2.05, 4.69) is 9.44 Å². The van der Waals surface area contributed by atoms with Crippen molar-refractivity contribution in [3.8, 4) is 0 Å². The van der Waals surface area contributed by atoms with Crippen LogP contribution in [0.3, 0.4) is 0 Å². The van der Waals surface area contributed by atoms with Crippen molar-refractivity contribution < 1.29 is 8.42 Å². The molecule has 1 unspecified atom stereocenters. The molecule has 0 aromatic rings. The molecule has 1 aliphatic carbocycles. The van der Waals surface area contributed by atoms with Gasteiger partial charge in [-0.1, -0.05) is 19.8 Å². The molecule has 4 N–H and O–H groups in total. The van der Waals surface area contributed by atoms with Gasteiger partial charge in [0.2, 0.25) is 0 Å². The summed E-state index contributed by atoms with van der Waals surface area (Å²) in [4.78, 5) is 0. The first-order chi connectivity index (χ1) is 7.59. The molecule has 0 radical (unpaired) electrons. The number of hydrogen-bond donors (Lipinski definition) is 3.